The highest BCUT2D eigenvalue weighted by Crippen LogP contribution is 2.29. The van der Waals surface area contributed by atoms with Gasteiger partial charge in [0, 0.05) is 32.1 Å². The van der Waals surface area contributed by atoms with E-state index in [0.717, 1.165) is 37.7 Å². The summed E-state index contributed by atoms with van der Waals surface area (Å²) >= 11 is 0. The monoisotopic (exact) mass is 308 g/mol. The van der Waals surface area contributed by atoms with Crippen LogP contribution < -0.4 is 10.1 Å². The molecule has 118 valence electrons. The van der Waals surface area contributed by atoms with Crippen LogP contribution in [0.25, 0.3) is 0 Å². The highest BCUT2D eigenvalue weighted by molar-refractivity contribution is 5.81. The van der Waals surface area contributed by atoms with E-state index in [4.69, 9.17) is 4.74 Å². The van der Waals surface area contributed by atoms with Crippen LogP contribution in [0.15, 0.2) is 54.6 Å². The fourth-order valence-electron chi connectivity index (χ4n) is 3.55. The summed E-state index contributed by atoms with van der Waals surface area (Å²) in [7, 11) is 0. The minimum Gasteiger partial charge on any atom is -0.457 e. The van der Waals surface area contributed by atoms with Crippen LogP contribution in [0.3, 0.4) is 0 Å². The summed E-state index contributed by atoms with van der Waals surface area (Å²) in [6.07, 6.45) is 0. The Morgan fingerprint density at radius 1 is 1.04 bits per heavy atom. The van der Waals surface area contributed by atoms with Crippen molar-refractivity contribution in [3.63, 3.8) is 0 Å². The minimum absolute atomic E-state index is 0.179. The zero-order valence-electron chi connectivity index (χ0n) is 12.9. The zero-order chi connectivity index (χ0) is 15.6. The van der Waals surface area contributed by atoms with Crippen molar-refractivity contribution >= 4 is 5.91 Å². The number of amides is 1. The molecule has 0 radical (unpaired) electrons. The van der Waals surface area contributed by atoms with Crippen molar-refractivity contribution in [2.24, 2.45) is 11.8 Å². The molecule has 0 aliphatic carbocycles. The van der Waals surface area contributed by atoms with Crippen LogP contribution in [-0.4, -0.2) is 30.4 Å². The number of hydrogen-bond donors (Lipinski definition) is 1. The van der Waals surface area contributed by atoms with Gasteiger partial charge in [-0.2, -0.15) is 0 Å². The molecular formula is C19H20N2O2. The maximum absolute atomic E-state index is 11.8. The quantitative estimate of drug-likeness (QED) is 0.944. The first-order valence-corrected chi connectivity index (χ1v) is 8.10. The van der Waals surface area contributed by atoms with Crippen molar-refractivity contribution in [2.75, 3.05) is 19.6 Å². The van der Waals surface area contributed by atoms with Crippen molar-refractivity contribution in [1.82, 2.24) is 10.2 Å². The van der Waals surface area contributed by atoms with E-state index < -0.39 is 0 Å². The molecule has 2 fully saturated rings. The lowest BCUT2D eigenvalue weighted by molar-refractivity contribution is -0.122. The Hall–Kier alpha value is -2.33. The van der Waals surface area contributed by atoms with E-state index in [1.54, 1.807) is 0 Å². The lowest BCUT2D eigenvalue weighted by Crippen LogP contribution is -2.28. The first-order valence-electron chi connectivity index (χ1n) is 8.10. The van der Waals surface area contributed by atoms with Gasteiger partial charge in [-0.3, -0.25) is 9.69 Å². The highest BCUT2D eigenvalue weighted by atomic mass is 16.5. The summed E-state index contributed by atoms with van der Waals surface area (Å²) in [4.78, 5) is 14.1. The van der Waals surface area contributed by atoms with Crippen LogP contribution in [0, 0.1) is 11.8 Å². The molecule has 2 aliphatic heterocycles. The van der Waals surface area contributed by atoms with E-state index in [0.29, 0.717) is 5.92 Å². The molecule has 2 aromatic rings. The fraction of sp³-hybridized carbons (Fsp3) is 0.316. The number of ether oxygens (including phenoxy) is 1. The highest BCUT2D eigenvalue weighted by Gasteiger charge is 2.41. The number of nitrogens with zero attached hydrogens (tertiary/aromatic N) is 1. The van der Waals surface area contributed by atoms with E-state index in [2.05, 4.69) is 22.3 Å². The number of nitrogens with one attached hydrogen (secondary N) is 1. The summed E-state index contributed by atoms with van der Waals surface area (Å²) in [6.45, 7) is 3.55. The molecule has 0 bridgehead atoms. The Bertz CT molecular complexity index is 702. The van der Waals surface area contributed by atoms with Crippen molar-refractivity contribution in [1.29, 1.82) is 0 Å². The summed E-state index contributed by atoms with van der Waals surface area (Å²) in [5.41, 5.74) is 1.22. The number of fused-ring (bicyclic) bond motifs is 1. The number of rotatable bonds is 4. The van der Waals surface area contributed by atoms with Crippen molar-refractivity contribution in [3.8, 4) is 11.5 Å². The Morgan fingerprint density at radius 2 is 1.87 bits per heavy atom. The van der Waals surface area contributed by atoms with Crippen molar-refractivity contribution in [3.05, 3.63) is 60.2 Å². The van der Waals surface area contributed by atoms with Gasteiger partial charge in [0.15, 0.2) is 0 Å². The molecule has 2 saturated heterocycles. The molecule has 2 aliphatic rings. The minimum atomic E-state index is 0.179. The third-order valence-electron chi connectivity index (χ3n) is 4.68. The topological polar surface area (TPSA) is 41.6 Å². The number of para-hydroxylation sites is 1. The molecule has 1 N–H and O–H groups in total. The Morgan fingerprint density at radius 3 is 2.70 bits per heavy atom. The summed E-state index contributed by atoms with van der Waals surface area (Å²) in [5.74, 6) is 2.58. The molecule has 0 spiro atoms. The van der Waals surface area contributed by atoms with E-state index in [9.17, 15) is 4.79 Å². The second-order valence-electron chi connectivity index (χ2n) is 6.37. The first kappa shape index (κ1) is 14.3. The second kappa shape index (κ2) is 6.05. The zero-order valence-corrected chi connectivity index (χ0v) is 12.9. The maximum Gasteiger partial charge on any atom is 0.224 e. The van der Waals surface area contributed by atoms with Crippen LogP contribution >= 0.6 is 0 Å². The van der Waals surface area contributed by atoms with Gasteiger partial charge in [-0.05, 0) is 29.8 Å². The van der Waals surface area contributed by atoms with E-state index in [-0.39, 0.29) is 11.8 Å². The lowest BCUT2D eigenvalue weighted by atomic mass is 10.0. The van der Waals surface area contributed by atoms with Gasteiger partial charge in [-0.25, -0.2) is 0 Å². The molecule has 0 aromatic heterocycles. The van der Waals surface area contributed by atoms with Gasteiger partial charge in [0.25, 0.3) is 0 Å². The number of carbonyl (C=O) groups is 1. The Kier molecular flexibility index (Phi) is 3.75. The number of likely N-dealkylation sites (tertiary alicyclic amines) is 1. The SMILES string of the molecule is O=C1NC[C@H]2CN(Cc3cccc(Oc4ccccc4)c3)C[C@@H]12. The van der Waals surface area contributed by atoms with Crippen molar-refractivity contribution < 1.29 is 9.53 Å². The molecule has 2 heterocycles. The molecule has 4 rings (SSSR count). The van der Waals surface area contributed by atoms with Crippen LogP contribution in [0.5, 0.6) is 11.5 Å². The van der Waals surface area contributed by atoms with Crippen LogP contribution in [0.2, 0.25) is 0 Å². The summed E-state index contributed by atoms with van der Waals surface area (Å²) in [6, 6.07) is 18.0. The molecule has 1 amide bonds. The predicted molar refractivity (Wildman–Crippen MR) is 88.2 cm³/mol. The van der Waals surface area contributed by atoms with Gasteiger partial charge < -0.3 is 10.1 Å². The lowest BCUT2D eigenvalue weighted by Gasteiger charge is -2.17. The fourth-order valence-corrected chi connectivity index (χ4v) is 3.55. The largest absolute Gasteiger partial charge is 0.457 e. The molecule has 4 nitrogen and oxygen atoms in total. The Labute approximate surface area is 136 Å². The summed E-state index contributed by atoms with van der Waals surface area (Å²) < 4.78 is 5.89. The summed E-state index contributed by atoms with van der Waals surface area (Å²) in [5, 5.41) is 2.96. The number of benzene rings is 2. The molecular weight excluding hydrogens is 288 g/mol. The van der Waals surface area contributed by atoms with Crippen LogP contribution in [0.1, 0.15) is 5.56 Å². The number of hydrogen-bond acceptors (Lipinski definition) is 3. The maximum atomic E-state index is 11.8. The third-order valence-corrected chi connectivity index (χ3v) is 4.68. The first-order chi connectivity index (χ1) is 11.3. The normalized spacial score (nSPS) is 23.6. The van der Waals surface area contributed by atoms with Gasteiger partial charge in [0.1, 0.15) is 11.5 Å². The molecule has 2 atom stereocenters. The van der Waals surface area contributed by atoms with Gasteiger partial charge >= 0.3 is 0 Å². The van der Waals surface area contributed by atoms with E-state index >= 15 is 0 Å². The molecule has 0 saturated carbocycles. The van der Waals surface area contributed by atoms with Gasteiger partial charge in [0.05, 0.1) is 5.92 Å². The standard InChI is InChI=1S/C19H20N2O2/c22-19-18-13-21(12-15(18)10-20-19)11-14-5-4-8-17(9-14)23-16-6-2-1-3-7-16/h1-9,15,18H,10-13H2,(H,20,22)/t15-,18+/m0/s1. The molecule has 4 heteroatoms. The smallest absolute Gasteiger partial charge is 0.224 e. The molecule has 23 heavy (non-hydrogen) atoms. The van der Waals surface area contributed by atoms with Crippen LogP contribution in [-0.2, 0) is 11.3 Å². The molecule has 2 aromatic carbocycles. The van der Waals surface area contributed by atoms with E-state index in [1.165, 1.54) is 5.56 Å². The van der Waals surface area contributed by atoms with E-state index in [1.807, 2.05) is 42.5 Å². The molecule has 0 unspecified atom stereocenters. The average Bonchev–Trinajstić information content (AvgIpc) is 3.11. The van der Waals surface area contributed by atoms with Gasteiger partial charge in [-0.1, -0.05) is 30.3 Å². The predicted octanol–water partition coefficient (Wildman–Crippen LogP) is 2.66. The Balaban J connectivity index is 1.42. The average molecular weight is 308 g/mol. The second-order valence-corrected chi connectivity index (χ2v) is 6.37. The number of carbonyl (C=O) groups excluding carboxylic acids is 1. The van der Waals surface area contributed by atoms with Crippen LogP contribution in [0.4, 0.5) is 0 Å². The van der Waals surface area contributed by atoms with Crippen molar-refractivity contribution in [2.45, 2.75) is 6.54 Å². The van der Waals surface area contributed by atoms with Gasteiger partial charge in [-0.15, -0.1) is 0 Å². The third kappa shape index (κ3) is 3.08. The van der Waals surface area contributed by atoms with Gasteiger partial charge in [0.2, 0.25) is 5.91 Å².